The Morgan fingerprint density at radius 3 is 2.70 bits per heavy atom. The van der Waals surface area contributed by atoms with Crippen LogP contribution in [0.1, 0.15) is 38.8 Å². The Balaban J connectivity index is 2.30. The van der Waals surface area contributed by atoms with E-state index in [9.17, 15) is 0 Å². The van der Waals surface area contributed by atoms with Gasteiger partial charge in [-0.1, -0.05) is 32.0 Å². The van der Waals surface area contributed by atoms with E-state index >= 15 is 0 Å². The predicted octanol–water partition coefficient (Wildman–Crippen LogP) is 3.74. The monoisotopic (exact) mass is 274 g/mol. The van der Waals surface area contributed by atoms with Crippen molar-refractivity contribution in [2.24, 2.45) is 0 Å². The molecule has 20 heavy (non-hydrogen) atoms. The molecule has 0 aliphatic heterocycles. The lowest BCUT2D eigenvalue weighted by Crippen LogP contribution is -2.22. The Kier molecular flexibility index (Phi) is 5.21. The third-order valence-electron chi connectivity index (χ3n) is 3.74. The normalized spacial score (nSPS) is 13.2. The molecule has 0 saturated heterocycles. The van der Waals surface area contributed by atoms with Crippen molar-refractivity contribution >= 4 is 10.9 Å². The van der Waals surface area contributed by atoms with Gasteiger partial charge in [0, 0.05) is 38.5 Å². The molecule has 110 valence electrons. The topological polar surface area (TPSA) is 26.2 Å². The molecule has 0 radical (unpaired) electrons. The second-order valence-corrected chi connectivity index (χ2v) is 5.74. The smallest absolute Gasteiger partial charge is 0.0528 e. The van der Waals surface area contributed by atoms with E-state index in [0.717, 1.165) is 19.6 Å². The van der Waals surface area contributed by atoms with Crippen molar-refractivity contribution in [3.05, 3.63) is 36.0 Å². The number of benzene rings is 1. The molecule has 2 aromatic rings. The zero-order valence-corrected chi connectivity index (χ0v) is 13.0. The number of para-hydroxylation sites is 1. The molecule has 1 atom stereocenters. The highest BCUT2D eigenvalue weighted by Gasteiger charge is 2.11. The molecule has 1 N–H and O–H groups in total. The van der Waals surface area contributed by atoms with Gasteiger partial charge in [0.2, 0.25) is 0 Å². The number of ether oxygens (including phenoxy) is 1. The average molecular weight is 274 g/mol. The van der Waals surface area contributed by atoms with Crippen molar-refractivity contribution in [1.29, 1.82) is 0 Å². The summed E-state index contributed by atoms with van der Waals surface area (Å²) in [6, 6.07) is 9.71. The fourth-order valence-corrected chi connectivity index (χ4v) is 2.55. The minimum Gasteiger partial charge on any atom is -0.385 e. The molecule has 1 aromatic heterocycles. The van der Waals surface area contributed by atoms with Crippen LogP contribution in [0.5, 0.6) is 0 Å². The van der Waals surface area contributed by atoms with Crippen LogP contribution >= 0.6 is 0 Å². The Hall–Kier alpha value is -1.32. The molecular weight excluding hydrogens is 248 g/mol. The van der Waals surface area contributed by atoms with Crippen molar-refractivity contribution in [1.82, 2.24) is 9.88 Å². The fourth-order valence-electron chi connectivity index (χ4n) is 2.55. The van der Waals surface area contributed by atoms with Gasteiger partial charge in [-0.25, -0.2) is 0 Å². The van der Waals surface area contributed by atoms with E-state index in [-0.39, 0.29) is 0 Å². The molecule has 3 nitrogen and oxygen atoms in total. The van der Waals surface area contributed by atoms with Crippen molar-refractivity contribution in [2.75, 3.05) is 13.7 Å². The maximum Gasteiger partial charge on any atom is 0.0528 e. The van der Waals surface area contributed by atoms with E-state index in [0.29, 0.717) is 12.1 Å². The first kappa shape index (κ1) is 15.1. The maximum atomic E-state index is 5.21. The number of nitrogens with one attached hydrogen (secondary N) is 1. The highest BCUT2D eigenvalue weighted by atomic mass is 16.5. The first-order valence-corrected chi connectivity index (χ1v) is 7.44. The van der Waals surface area contributed by atoms with Gasteiger partial charge in [-0.2, -0.15) is 0 Å². The van der Waals surface area contributed by atoms with Crippen molar-refractivity contribution in [2.45, 2.75) is 45.8 Å². The molecule has 0 amide bonds. The van der Waals surface area contributed by atoms with Gasteiger partial charge in [0.1, 0.15) is 0 Å². The third kappa shape index (κ3) is 3.41. The van der Waals surface area contributed by atoms with Crippen LogP contribution in [0.2, 0.25) is 0 Å². The summed E-state index contributed by atoms with van der Waals surface area (Å²) in [5.41, 5.74) is 2.72. The third-order valence-corrected chi connectivity index (χ3v) is 3.74. The van der Waals surface area contributed by atoms with Crippen molar-refractivity contribution in [3.8, 4) is 0 Å². The number of fused-ring (bicyclic) bond motifs is 1. The molecule has 1 aromatic carbocycles. The zero-order valence-electron chi connectivity index (χ0n) is 13.0. The molecular formula is C17H26N2O. The number of rotatable bonds is 7. The van der Waals surface area contributed by atoms with Crippen LogP contribution in [-0.4, -0.2) is 24.3 Å². The van der Waals surface area contributed by atoms with Crippen LogP contribution in [0.25, 0.3) is 10.9 Å². The lowest BCUT2D eigenvalue weighted by Gasteiger charge is -2.17. The Labute approximate surface area is 121 Å². The van der Waals surface area contributed by atoms with Crippen molar-refractivity contribution < 1.29 is 4.74 Å². The van der Waals surface area contributed by atoms with Gasteiger partial charge < -0.3 is 14.6 Å². The average Bonchev–Trinajstić information content (AvgIpc) is 2.87. The van der Waals surface area contributed by atoms with Crippen molar-refractivity contribution in [3.63, 3.8) is 0 Å². The van der Waals surface area contributed by atoms with Crippen LogP contribution < -0.4 is 5.32 Å². The van der Waals surface area contributed by atoms with E-state index in [1.807, 2.05) is 0 Å². The maximum absolute atomic E-state index is 5.21. The van der Waals surface area contributed by atoms with E-state index in [1.54, 1.807) is 7.11 Å². The molecule has 0 aliphatic carbocycles. The molecule has 1 unspecified atom stereocenters. The standard InChI is InChI=1S/C17H26N2O/c1-13(2)18-12-16-7-5-6-15-8-10-19(17(15)16)14(3)9-11-20-4/h5-8,10,13-14,18H,9,11-12H2,1-4H3. The van der Waals surface area contributed by atoms with Gasteiger partial charge in [-0.15, -0.1) is 0 Å². The van der Waals surface area contributed by atoms with Gasteiger partial charge in [0.05, 0.1) is 5.52 Å². The molecule has 0 bridgehead atoms. The molecule has 0 saturated carbocycles. The van der Waals surface area contributed by atoms with Gasteiger partial charge in [0.15, 0.2) is 0 Å². The number of hydrogen-bond acceptors (Lipinski definition) is 2. The van der Waals surface area contributed by atoms with Crippen LogP contribution in [0.4, 0.5) is 0 Å². The SMILES string of the molecule is COCCC(C)n1ccc2cccc(CNC(C)C)c21. The summed E-state index contributed by atoms with van der Waals surface area (Å²) in [5.74, 6) is 0. The van der Waals surface area contributed by atoms with Crippen LogP contribution in [0, 0.1) is 0 Å². The first-order valence-electron chi connectivity index (χ1n) is 7.44. The number of aromatic nitrogens is 1. The molecule has 0 fully saturated rings. The minimum absolute atomic E-state index is 0.452. The number of hydrogen-bond donors (Lipinski definition) is 1. The highest BCUT2D eigenvalue weighted by Crippen LogP contribution is 2.25. The fraction of sp³-hybridized carbons (Fsp3) is 0.529. The largest absolute Gasteiger partial charge is 0.385 e. The van der Waals surface area contributed by atoms with Gasteiger partial charge in [-0.3, -0.25) is 0 Å². The van der Waals surface area contributed by atoms with Crippen LogP contribution in [0.3, 0.4) is 0 Å². The Morgan fingerprint density at radius 2 is 2.00 bits per heavy atom. The molecule has 1 heterocycles. The van der Waals surface area contributed by atoms with Gasteiger partial charge >= 0.3 is 0 Å². The summed E-state index contributed by atoms with van der Waals surface area (Å²) >= 11 is 0. The first-order chi connectivity index (χ1) is 9.63. The van der Waals surface area contributed by atoms with Crippen LogP contribution in [0.15, 0.2) is 30.5 Å². The van der Waals surface area contributed by atoms with Crippen LogP contribution in [-0.2, 0) is 11.3 Å². The summed E-state index contributed by atoms with van der Waals surface area (Å²) in [4.78, 5) is 0. The molecule has 3 heteroatoms. The number of nitrogens with zero attached hydrogens (tertiary/aromatic N) is 1. The van der Waals surface area contributed by atoms with E-state index in [4.69, 9.17) is 4.74 Å². The highest BCUT2D eigenvalue weighted by molar-refractivity contribution is 5.83. The van der Waals surface area contributed by atoms with Gasteiger partial charge in [0.25, 0.3) is 0 Å². The minimum atomic E-state index is 0.452. The summed E-state index contributed by atoms with van der Waals surface area (Å²) in [5, 5.41) is 4.83. The summed E-state index contributed by atoms with van der Waals surface area (Å²) in [7, 11) is 1.76. The summed E-state index contributed by atoms with van der Waals surface area (Å²) in [6.07, 6.45) is 3.23. The second kappa shape index (κ2) is 6.91. The second-order valence-electron chi connectivity index (χ2n) is 5.74. The molecule has 0 spiro atoms. The Bertz CT molecular complexity index is 545. The zero-order chi connectivity index (χ0) is 14.5. The quantitative estimate of drug-likeness (QED) is 0.832. The Morgan fingerprint density at radius 1 is 1.20 bits per heavy atom. The lowest BCUT2D eigenvalue weighted by atomic mass is 10.1. The van der Waals surface area contributed by atoms with E-state index < -0.39 is 0 Å². The molecule has 2 rings (SSSR count). The predicted molar refractivity (Wildman–Crippen MR) is 85.1 cm³/mol. The number of methoxy groups -OCH3 is 1. The summed E-state index contributed by atoms with van der Waals surface area (Å²) in [6.45, 7) is 8.33. The lowest BCUT2D eigenvalue weighted by molar-refractivity contribution is 0.181. The van der Waals surface area contributed by atoms with E-state index in [1.165, 1.54) is 16.5 Å². The van der Waals surface area contributed by atoms with Gasteiger partial charge in [-0.05, 0) is 30.4 Å². The molecule has 0 aliphatic rings. The van der Waals surface area contributed by atoms with E-state index in [2.05, 4.69) is 61.1 Å². The summed E-state index contributed by atoms with van der Waals surface area (Å²) < 4.78 is 7.59.